The lowest BCUT2D eigenvalue weighted by molar-refractivity contribution is -0.123. The average Bonchev–Trinajstić information content (AvgIpc) is 2.72. The highest BCUT2D eigenvalue weighted by molar-refractivity contribution is 9.10. The number of nitrogens with zero attached hydrogens (tertiary/aromatic N) is 2. The zero-order valence-electron chi connectivity index (χ0n) is 17.4. The highest BCUT2D eigenvalue weighted by Crippen LogP contribution is 2.33. The van der Waals surface area contributed by atoms with Gasteiger partial charge in [-0.3, -0.25) is 4.79 Å². The Morgan fingerprint density at radius 3 is 2.47 bits per heavy atom. The molecule has 0 aliphatic carbocycles. The van der Waals surface area contributed by atoms with Gasteiger partial charge in [0.25, 0.3) is 0 Å². The van der Waals surface area contributed by atoms with Crippen molar-refractivity contribution >= 4 is 37.5 Å². The zero-order valence-corrected chi connectivity index (χ0v) is 19.8. The van der Waals surface area contributed by atoms with Crippen LogP contribution in [0.5, 0.6) is 0 Å². The minimum absolute atomic E-state index is 0.127. The standard InChI is InChI=1S/C23H27BrN2O3S/c1-16-5-8-22(17(2)14-16)30(28,29)25-12-9-18(10-13-25)23(27)26-11-3-4-19-15-20(24)6-7-21(19)26/h5-8,14-15,18H,3-4,9-13H2,1-2H3. The summed E-state index contributed by atoms with van der Waals surface area (Å²) in [4.78, 5) is 15.5. The summed E-state index contributed by atoms with van der Waals surface area (Å²) < 4.78 is 28.8. The highest BCUT2D eigenvalue weighted by Gasteiger charge is 2.35. The molecule has 2 aromatic carbocycles. The van der Waals surface area contributed by atoms with Crippen molar-refractivity contribution in [2.24, 2.45) is 5.92 Å². The molecule has 1 fully saturated rings. The molecular weight excluding hydrogens is 464 g/mol. The van der Waals surface area contributed by atoms with Gasteiger partial charge in [0.05, 0.1) is 4.90 Å². The second-order valence-electron chi connectivity index (χ2n) is 8.31. The topological polar surface area (TPSA) is 57.7 Å². The van der Waals surface area contributed by atoms with E-state index in [0.29, 0.717) is 30.8 Å². The average molecular weight is 491 g/mol. The van der Waals surface area contributed by atoms with Crippen molar-refractivity contribution in [1.29, 1.82) is 0 Å². The molecule has 0 bridgehead atoms. The van der Waals surface area contributed by atoms with Gasteiger partial charge in [0, 0.05) is 35.7 Å². The van der Waals surface area contributed by atoms with Crippen LogP contribution in [0.4, 0.5) is 5.69 Å². The number of carbonyl (C=O) groups excluding carboxylic acids is 1. The minimum Gasteiger partial charge on any atom is -0.312 e. The van der Waals surface area contributed by atoms with Crippen molar-refractivity contribution in [2.75, 3.05) is 24.5 Å². The molecule has 4 rings (SSSR count). The maximum absolute atomic E-state index is 13.3. The lowest BCUT2D eigenvalue weighted by Gasteiger charge is -2.36. The van der Waals surface area contributed by atoms with E-state index in [1.807, 2.05) is 43.0 Å². The van der Waals surface area contributed by atoms with E-state index in [1.165, 1.54) is 9.87 Å². The summed E-state index contributed by atoms with van der Waals surface area (Å²) in [7, 11) is -3.53. The summed E-state index contributed by atoms with van der Waals surface area (Å²) in [5.74, 6) is -0.00741. The molecule has 0 aromatic heterocycles. The first-order valence-electron chi connectivity index (χ1n) is 10.4. The summed E-state index contributed by atoms with van der Waals surface area (Å²) in [6.45, 7) is 5.29. The van der Waals surface area contributed by atoms with Crippen LogP contribution in [-0.4, -0.2) is 38.3 Å². The number of aryl methyl sites for hydroxylation is 3. The van der Waals surface area contributed by atoms with Gasteiger partial charge in [0.1, 0.15) is 0 Å². The van der Waals surface area contributed by atoms with E-state index in [2.05, 4.69) is 22.0 Å². The number of benzene rings is 2. The fourth-order valence-electron chi connectivity index (χ4n) is 4.59. The van der Waals surface area contributed by atoms with Crippen LogP contribution in [0.15, 0.2) is 45.8 Å². The van der Waals surface area contributed by atoms with E-state index in [4.69, 9.17) is 0 Å². The third-order valence-electron chi connectivity index (χ3n) is 6.18. The molecule has 0 unspecified atom stereocenters. The Kier molecular flexibility index (Phi) is 6.06. The number of fused-ring (bicyclic) bond motifs is 1. The number of piperidine rings is 1. The fraction of sp³-hybridized carbons (Fsp3) is 0.435. The number of halogens is 1. The molecule has 0 spiro atoms. The van der Waals surface area contributed by atoms with Crippen molar-refractivity contribution in [3.05, 3.63) is 57.6 Å². The molecule has 2 aliphatic heterocycles. The number of rotatable bonds is 3. The highest BCUT2D eigenvalue weighted by atomic mass is 79.9. The lowest BCUT2D eigenvalue weighted by Crippen LogP contribution is -2.45. The molecule has 0 saturated carbocycles. The number of amides is 1. The fourth-order valence-corrected chi connectivity index (χ4v) is 6.67. The first kappa shape index (κ1) is 21.5. The van der Waals surface area contributed by atoms with Crippen LogP contribution >= 0.6 is 15.9 Å². The first-order chi connectivity index (χ1) is 14.3. The predicted molar refractivity (Wildman–Crippen MR) is 122 cm³/mol. The Hall–Kier alpha value is -1.70. The van der Waals surface area contributed by atoms with Crippen molar-refractivity contribution in [2.45, 2.75) is 44.4 Å². The van der Waals surface area contributed by atoms with E-state index >= 15 is 0 Å². The van der Waals surface area contributed by atoms with Crippen LogP contribution in [0.2, 0.25) is 0 Å². The van der Waals surface area contributed by atoms with Crippen LogP contribution in [0, 0.1) is 19.8 Å². The second kappa shape index (κ2) is 8.44. The lowest BCUT2D eigenvalue weighted by atomic mass is 9.94. The van der Waals surface area contributed by atoms with Gasteiger partial charge in [-0.05, 0) is 74.9 Å². The van der Waals surface area contributed by atoms with Gasteiger partial charge in [0.15, 0.2) is 0 Å². The molecular formula is C23H27BrN2O3S. The largest absolute Gasteiger partial charge is 0.312 e. The van der Waals surface area contributed by atoms with Crippen LogP contribution in [0.3, 0.4) is 0 Å². The Balaban J connectivity index is 1.47. The van der Waals surface area contributed by atoms with Gasteiger partial charge in [-0.2, -0.15) is 4.31 Å². The van der Waals surface area contributed by atoms with Gasteiger partial charge in [-0.1, -0.05) is 33.6 Å². The van der Waals surface area contributed by atoms with Crippen molar-refractivity contribution in [3.63, 3.8) is 0 Å². The monoisotopic (exact) mass is 490 g/mol. The molecule has 2 aromatic rings. The Morgan fingerprint density at radius 2 is 1.77 bits per heavy atom. The molecule has 5 nitrogen and oxygen atoms in total. The molecule has 1 saturated heterocycles. The van der Waals surface area contributed by atoms with Crippen molar-refractivity contribution in [1.82, 2.24) is 4.31 Å². The Labute approximate surface area is 187 Å². The van der Waals surface area contributed by atoms with Gasteiger partial charge in [-0.15, -0.1) is 0 Å². The first-order valence-corrected chi connectivity index (χ1v) is 12.7. The normalized spacial score (nSPS) is 18.3. The van der Waals surface area contributed by atoms with Gasteiger partial charge in [0.2, 0.25) is 15.9 Å². The maximum Gasteiger partial charge on any atom is 0.243 e. The van der Waals surface area contributed by atoms with E-state index in [-0.39, 0.29) is 11.8 Å². The maximum atomic E-state index is 13.3. The molecule has 0 radical (unpaired) electrons. The van der Waals surface area contributed by atoms with Gasteiger partial charge in [-0.25, -0.2) is 8.42 Å². The molecule has 1 amide bonds. The van der Waals surface area contributed by atoms with Gasteiger partial charge >= 0.3 is 0 Å². The number of sulfonamides is 1. The molecule has 2 heterocycles. The van der Waals surface area contributed by atoms with Crippen molar-refractivity contribution < 1.29 is 13.2 Å². The quantitative estimate of drug-likeness (QED) is 0.638. The van der Waals surface area contributed by atoms with Crippen LogP contribution in [0.1, 0.15) is 36.0 Å². The van der Waals surface area contributed by atoms with E-state index in [1.54, 1.807) is 6.07 Å². The summed E-state index contributed by atoms with van der Waals surface area (Å²) in [5, 5.41) is 0. The summed E-state index contributed by atoms with van der Waals surface area (Å²) in [6.07, 6.45) is 3.05. The zero-order chi connectivity index (χ0) is 21.5. The minimum atomic E-state index is -3.53. The number of carbonyl (C=O) groups is 1. The molecule has 0 atom stereocenters. The van der Waals surface area contributed by atoms with Gasteiger partial charge < -0.3 is 4.90 Å². The summed E-state index contributed by atoms with van der Waals surface area (Å²) >= 11 is 3.51. The van der Waals surface area contributed by atoms with E-state index in [0.717, 1.165) is 40.7 Å². The number of hydrogen-bond donors (Lipinski definition) is 0. The molecule has 7 heteroatoms. The molecule has 0 N–H and O–H groups in total. The Bertz CT molecular complexity index is 1080. The SMILES string of the molecule is Cc1ccc(S(=O)(=O)N2CCC(C(=O)N3CCCc4cc(Br)ccc43)CC2)c(C)c1. The number of hydrogen-bond acceptors (Lipinski definition) is 3. The Morgan fingerprint density at radius 1 is 1.03 bits per heavy atom. The molecule has 2 aliphatic rings. The van der Waals surface area contributed by atoms with Crippen LogP contribution in [0.25, 0.3) is 0 Å². The molecule has 30 heavy (non-hydrogen) atoms. The summed E-state index contributed by atoms with van der Waals surface area (Å²) in [5.41, 5.74) is 4.01. The third-order valence-corrected chi connectivity index (χ3v) is 8.73. The van der Waals surface area contributed by atoms with E-state index < -0.39 is 10.0 Å². The van der Waals surface area contributed by atoms with E-state index in [9.17, 15) is 13.2 Å². The predicted octanol–water partition coefficient (Wildman–Crippen LogP) is 4.45. The summed E-state index contributed by atoms with van der Waals surface area (Å²) in [6, 6.07) is 11.5. The van der Waals surface area contributed by atoms with Crippen molar-refractivity contribution in [3.8, 4) is 0 Å². The second-order valence-corrected chi connectivity index (χ2v) is 11.1. The number of anilines is 1. The van der Waals surface area contributed by atoms with Crippen LogP contribution in [-0.2, 0) is 21.2 Å². The molecule has 160 valence electrons. The smallest absolute Gasteiger partial charge is 0.243 e. The van der Waals surface area contributed by atoms with Crippen LogP contribution < -0.4 is 4.90 Å². The third kappa shape index (κ3) is 4.07.